The number of allylic oxidation sites excluding steroid dienone is 2. The summed E-state index contributed by atoms with van der Waals surface area (Å²) in [5, 5.41) is 13.6. The molecule has 1 aliphatic rings. The molecule has 0 amide bonds. The van der Waals surface area contributed by atoms with Gasteiger partial charge < -0.3 is 12.6 Å². The van der Waals surface area contributed by atoms with Gasteiger partial charge in [0, 0.05) is 12.8 Å². The van der Waals surface area contributed by atoms with E-state index < -0.39 is 5.09 Å². The maximum absolute atomic E-state index is 10.6. The van der Waals surface area contributed by atoms with Gasteiger partial charge in [-0.3, -0.25) is 4.79 Å². The third-order valence-electron chi connectivity index (χ3n) is 1.35. The molecule has 0 aromatic carbocycles. The van der Waals surface area contributed by atoms with Crippen molar-refractivity contribution >= 4 is 5.78 Å². The second-order valence-electron chi connectivity index (χ2n) is 2.33. The monoisotopic (exact) mass is 295 g/mol. The summed E-state index contributed by atoms with van der Waals surface area (Å²) in [5.41, 5.74) is 0. The first-order valence-electron chi connectivity index (χ1n) is 3.63. The van der Waals surface area contributed by atoms with Gasteiger partial charge in [0.25, 0.3) is 5.09 Å². The Morgan fingerprint density at radius 3 is 1.86 bits per heavy atom. The molecular weight excluding hydrogens is 282 g/mol. The van der Waals surface area contributed by atoms with Crippen LogP contribution in [0, 0.1) is 17.5 Å². The Labute approximate surface area is 98.8 Å². The zero-order valence-electron chi connectivity index (χ0n) is 7.90. The predicted molar refractivity (Wildman–Crippen MR) is 47.8 cm³/mol. The maximum atomic E-state index is 10.6. The fourth-order valence-electron chi connectivity index (χ4n) is 0.849. The minimum absolute atomic E-state index is 0. The third kappa shape index (κ3) is 17.4. The number of hydrogen-bond donors (Lipinski definition) is 1. The molecule has 6 heteroatoms. The Morgan fingerprint density at radius 1 is 1.29 bits per heavy atom. The summed E-state index contributed by atoms with van der Waals surface area (Å²) in [4.78, 5) is 19.0. The second kappa shape index (κ2) is 12.4. The van der Waals surface area contributed by atoms with E-state index >= 15 is 0 Å². The minimum atomic E-state index is -1.50. The predicted octanol–water partition coefficient (Wildman–Crippen LogP) is 1.79. The van der Waals surface area contributed by atoms with E-state index in [0.717, 1.165) is 25.7 Å². The molecule has 0 aromatic rings. The molecule has 5 nitrogen and oxygen atoms in total. The Balaban J connectivity index is -0.000000180. The number of nitrogens with zero attached hydrogens (tertiary/aromatic N) is 1. The van der Waals surface area contributed by atoms with Crippen molar-refractivity contribution in [3.8, 4) is 0 Å². The summed E-state index contributed by atoms with van der Waals surface area (Å²) in [7, 11) is 0. The normalized spacial score (nSPS) is 13.6. The van der Waals surface area contributed by atoms with Gasteiger partial charge >= 0.3 is 22.4 Å². The van der Waals surface area contributed by atoms with Crippen LogP contribution in [-0.4, -0.2) is 16.1 Å². The topological polar surface area (TPSA) is 80.4 Å². The molecule has 1 N–H and O–H groups in total. The molecule has 86 valence electrons. The third-order valence-corrected chi connectivity index (χ3v) is 1.35. The van der Waals surface area contributed by atoms with E-state index in [0.29, 0.717) is 5.78 Å². The van der Waals surface area contributed by atoms with Crippen molar-refractivity contribution in [2.75, 3.05) is 0 Å². The summed E-state index contributed by atoms with van der Waals surface area (Å²) in [5.74, 6) is 0.412. The zero-order valence-corrected chi connectivity index (χ0v) is 9.39. The Bertz CT molecular complexity index is 178. The quantitative estimate of drug-likeness (QED) is 0.243. The number of ketones is 1. The van der Waals surface area contributed by atoms with Crippen LogP contribution in [0.1, 0.15) is 25.7 Å². The number of hydrogen-bond acceptors (Lipinski definition) is 3. The maximum Gasteiger partial charge on any atom is 1.00 e. The van der Waals surface area contributed by atoms with E-state index in [1.165, 1.54) is 0 Å². The largest absolute Gasteiger partial charge is 1.00 e. The van der Waals surface area contributed by atoms with Crippen molar-refractivity contribution in [2.24, 2.45) is 0 Å². The SMILES string of the molecule is O=C1CCC=CCC1.O=[N+]([O-])O.[Ag+].[CH3-]. The van der Waals surface area contributed by atoms with Crippen LogP contribution >= 0.6 is 0 Å². The summed E-state index contributed by atoms with van der Waals surface area (Å²) in [6.45, 7) is 0. The van der Waals surface area contributed by atoms with Crippen molar-refractivity contribution in [3.63, 3.8) is 0 Å². The first-order valence-corrected chi connectivity index (χ1v) is 3.63. The van der Waals surface area contributed by atoms with Gasteiger partial charge in [-0.15, -0.1) is 10.1 Å². The van der Waals surface area contributed by atoms with E-state index in [2.05, 4.69) is 12.2 Å². The average Bonchev–Trinajstić information content (AvgIpc) is 2.14. The van der Waals surface area contributed by atoms with Crippen LogP contribution in [0.3, 0.4) is 0 Å². The van der Waals surface area contributed by atoms with E-state index in [1.807, 2.05) is 0 Å². The van der Waals surface area contributed by atoms with Crippen molar-refractivity contribution < 1.29 is 37.5 Å². The molecule has 0 aromatic heterocycles. The molecule has 0 radical (unpaired) electrons. The van der Waals surface area contributed by atoms with Crippen molar-refractivity contribution in [2.45, 2.75) is 25.7 Å². The molecule has 0 spiro atoms. The summed E-state index contributed by atoms with van der Waals surface area (Å²) in [6, 6.07) is 0. The van der Waals surface area contributed by atoms with Crippen molar-refractivity contribution in [3.05, 3.63) is 29.7 Å². The van der Waals surface area contributed by atoms with Gasteiger partial charge in [0.2, 0.25) is 0 Å². The van der Waals surface area contributed by atoms with E-state index in [9.17, 15) is 4.79 Å². The van der Waals surface area contributed by atoms with Gasteiger partial charge in [0.15, 0.2) is 0 Å². The van der Waals surface area contributed by atoms with Crippen LogP contribution in [0.25, 0.3) is 0 Å². The van der Waals surface area contributed by atoms with Crippen LogP contribution in [0.4, 0.5) is 0 Å². The fraction of sp³-hybridized carbons (Fsp3) is 0.500. The van der Waals surface area contributed by atoms with Gasteiger partial charge in [0.1, 0.15) is 5.78 Å². The number of rotatable bonds is 0. The number of Topliss-reactive ketones (excluding diaryl/α,β-unsaturated/α-hetero) is 1. The van der Waals surface area contributed by atoms with E-state index in [-0.39, 0.29) is 29.8 Å². The van der Waals surface area contributed by atoms with Gasteiger partial charge in [-0.25, -0.2) is 0 Å². The second-order valence-corrected chi connectivity index (χ2v) is 2.33. The molecule has 0 atom stereocenters. The molecule has 0 unspecified atom stereocenters. The van der Waals surface area contributed by atoms with Crippen LogP contribution in [0.2, 0.25) is 0 Å². The Kier molecular flexibility index (Phi) is 16.8. The Hall–Kier alpha value is -0.650. The summed E-state index contributed by atoms with van der Waals surface area (Å²) in [6.07, 6.45) is 7.61. The van der Waals surface area contributed by atoms with Crippen LogP contribution in [-0.2, 0) is 27.2 Å². The standard InChI is InChI=1S/C7H10O.CH3.Ag.HNO3/c8-7-5-3-1-2-4-6-7;;;2-1(3)4/h1-2H,3-6H2;1H3;;(H,2,3,4)/q;-1;+1;. The van der Waals surface area contributed by atoms with Crippen LogP contribution in [0.5, 0.6) is 0 Å². The zero-order chi connectivity index (χ0) is 9.40. The van der Waals surface area contributed by atoms with E-state index in [1.54, 1.807) is 0 Å². The molecular formula is C8H14AgNO4. The van der Waals surface area contributed by atoms with Gasteiger partial charge in [0.05, 0.1) is 0 Å². The van der Waals surface area contributed by atoms with Crippen molar-refractivity contribution in [1.82, 2.24) is 0 Å². The van der Waals surface area contributed by atoms with Gasteiger partial charge in [-0.2, -0.15) is 0 Å². The molecule has 0 bridgehead atoms. The smallest absolute Gasteiger partial charge is 0.358 e. The summed E-state index contributed by atoms with van der Waals surface area (Å²) >= 11 is 0. The van der Waals surface area contributed by atoms with Gasteiger partial charge in [-0.1, -0.05) is 12.2 Å². The average molecular weight is 296 g/mol. The number of carbonyl (C=O) groups excluding carboxylic acids is 1. The van der Waals surface area contributed by atoms with Crippen LogP contribution in [0.15, 0.2) is 12.2 Å². The molecule has 1 aliphatic carbocycles. The minimum Gasteiger partial charge on any atom is -0.358 e. The van der Waals surface area contributed by atoms with Gasteiger partial charge in [-0.05, 0) is 12.8 Å². The van der Waals surface area contributed by atoms with Crippen molar-refractivity contribution in [1.29, 1.82) is 0 Å². The molecule has 1 rings (SSSR count). The van der Waals surface area contributed by atoms with Crippen LogP contribution < -0.4 is 0 Å². The first-order chi connectivity index (χ1) is 5.63. The molecule has 0 saturated heterocycles. The fourth-order valence-corrected chi connectivity index (χ4v) is 0.849. The molecule has 0 saturated carbocycles. The Morgan fingerprint density at radius 2 is 1.57 bits per heavy atom. The first kappa shape index (κ1) is 19.0. The molecule has 0 aliphatic heterocycles. The molecule has 0 fully saturated rings. The summed E-state index contributed by atoms with van der Waals surface area (Å²) < 4.78 is 0. The van der Waals surface area contributed by atoms with E-state index in [4.69, 9.17) is 15.3 Å². The number of carbonyl (C=O) groups is 1. The molecule has 0 heterocycles. The molecule has 14 heavy (non-hydrogen) atoms.